The van der Waals surface area contributed by atoms with Crippen molar-refractivity contribution >= 4 is 31.8 Å². The summed E-state index contributed by atoms with van der Waals surface area (Å²) in [5.74, 6) is -0.0180. The van der Waals surface area contributed by atoms with Gasteiger partial charge in [0, 0.05) is 10.0 Å². The monoisotopic (exact) mass is 377 g/mol. The lowest BCUT2D eigenvalue weighted by molar-refractivity contribution is 0.463. The number of nitriles is 1. The molecule has 0 aliphatic carbocycles. The molecule has 0 saturated carbocycles. The van der Waals surface area contributed by atoms with E-state index in [1.165, 1.54) is 12.1 Å². The number of allylic oxidation sites excluding steroid dienone is 1. The van der Waals surface area contributed by atoms with Gasteiger partial charge in [0.05, 0.1) is 12.1 Å². The normalized spacial score (nSPS) is 11.8. The van der Waals surface area contributed by atoms with Crippen LogP contribution in [0.5, 0.6) is 0 Å². The summed E-state index contributed by atoms with van der Waals surface area (Å²) in [6.07, 6.45) is 1.06. The Morgan fingerprint density at radius 3 is 2.27 bits per heavy atom. The number of rotatable bonds is 4. The number of hydrogen-bond acceptors (Lipinski definition) is 4. The minimum Gasteiger partial charge on any atom is -0.378 e. The van der Waals surface area contributed by atoms with Crippen molar-refractivity contribution in [1.82, 2.24) is 0 Å². The van der Waals surface area contributed by atoms with E-state index in [1.807, 2.05) is 6.92 Å². The summed E-state index contributed by atoms with van der Waals surface area (Å²) in [7, 11) is -3.99. The smallest absolute Gasteiger partial charge is 0.339 e. The first-order valence-corrected chi connectivity index (χ1v) is 8.49. The molecule has 0 heterocycles. The van der Waals surface area contributed by atoms with Crippen LogP contribution < -0.4 is 0 Å². The molecule has 0 aliphatic rings. The molecule has 6 heteroatoms. The van der Waals surface area contributed by atoms with Crippen LogP contribution in [0.3, 0.4) is 0 Å². The molecule has 0 saturated heterocycles. The Hall–Kier alpha value is -2.10. The Morgan fingerprint density at radius 2 is 1.73 bits per heavy atom. The fourth-order valence-corrected chi connectivity index (χ4v) is 2.91. The summed E-state index contributed by atoms with van der Waals surface area (Å²) in [5.41, 5.74) is 1.44. The molecule has 0 radical (unpaired) electrons. The molecule has 0 bridgehead atoms. The maximum Gasteiger partial charge on any atom is 0.339 e. The SMILES string of the molecule is Cc1ccc(S(=O)(=O)O/C(=C\C#N)c2ccc(Br)cc2)cc1. The van der Waals surface area contributed by atoms with Crippen molar-refractivity contribution in [2.75, 3.05) is 0 Å². The third-order valence-electron chi connectivity index (χ3n) is 2.83. The molecule has 0 aromatic heterocycles. The van der Waals surface area contributed by atoms with Crippen molar-refractivity contribution < 1.29 is 12.6 Å². The summed E-state index contributed by atoms with van der Waals surface area (Å²) < 4.78 is 30.5. The molecular formula is C16H12BrNO3S. The molecule has 0 spiro atoms. The molecule has 2 aromatic carbocycles. The van der Waals surface area contributed by atoms with Crippen LogP contribution in [0.1, 0.15) is 11.1 Å². The van der Waals surface area contributed by atoms with Crippen molar-refractivity contribution in [3.8, 4) is 6.07 Å². The van der Waals surface area contributed by atoms with Gasteiger partial charge in [0.25, 0.3) is 0 Å². The van der Waals surface area contributed by atoms with Crippen LogP contribution in [-0.2, 0) is 14.3 Å². The fraction of sp³-hybridized carbons (Fsp3) is 0.0625. The van der Waals surface area contributed by atoms with Crippen molar-refractivity contribution in [2.24, 2.45) is 0 Å². The first kappa shape index (κ1) is 16.3. The lowest BCUT2D eigenvalue weighted by Gasteiger charge is -2.10. The maximum atomic E-state index is 12.3. The molecule has 2 rings (SSSR count). The topological polar surface area (TPSA) is 67.2 Å². The molecular weight excluding hydrogens is 366 g/mol. The second-order valence-electron chi connectivity index (χ2n) is 4.50. The molecule has 2 aromatic rings. The van der Waals surface area contributed by atoms with E-state index in [4.69, 9.17) is 9.44 Å². The van der Waals surface area contributed by atoms with Crippen LogP contribution in [0, 0.1) is 18.3 Å². The average molecular weight is 378 g/mol. The highest BCUT2D eigenvalue weighted by atomic mass is 79.9. The van der Waals surface area contributed by atoms with Crippen molar-refractivity contribution in [3.63, 3.8) is 0 Å². The van der Waals surface area contributed by atoms with E-state index < -0.39 is 10.1 Å². The Bertz CT molecular complexity index is 832. The van der Waals surface area contributed by atoms with Gasteiger partial charge in [0.15, 0.2) is 5.76 Å². The van der Waals surface area contributed by atoms with E-state index in [-0.39, 0.29) is 10.7 Å². The van der Waals surface area contributed by atoms with Gasteiger partial charge in [-0.2, -0.15) is 13.7 Å². The number of nitrogens with zero attached hydrogens (tertiary/aromatic N) is 1. The average Bonchev–Trinajstić information content (AvgIpc) is 2.48. The molecule has 22 heavy (non-hydrogen) atoms. The van der Waals surface area contributed by atoms with Crippen molar-refractivity contribution in [2.45, 2.75) is 11.8 Å². The van der Waals surface area contributed by atoms with Crippen LogP contribution in [0.2, 0.25) is 0 Å². The lowest BCUT2D eigenvalue weighted by atomic mass is 10.2. The van der Waals surface area contributed by atoms with Crippen LogP contribution in [0.15, 0.2) is 64.0 Å². The van der Waals surface area contributed by atoms with E-state index in [0.717, 1.165) is 16.1 Å². The molecule has 112 valence electrons. The Kier molecular flexibility index (Phi) is 5.01. The summed E-state index contributed by atoms with van der Waals surface area (Å²) in [4.78, 5) is 0.0408. The zero-order chi connectivity index (χ0) is 16.2. The third-order valence-corrected chi connectivity index (χ3v) is 4.61. The number of halogens is 1. The van der Waals surface area contributed by atoms with Gasteiger partial charge < -0.3 is 4.18 Å². The second-order valence-corrected chi connectivity index (χ2v) is 6.96. The largest absolute Gasteiger partial charge is 0.378 e. The van der Waals surface area contributed by atoms with Crippen molar-refractivity contribution in [1.29, 1.82) is 5.26 Å². The minimum atomic E-state index is -3.99. The fourth-order valence-electron chi connectivity index (χ4n) is 1.70. The van der Waals surface area contributed by atoms with Crippen LogP contribution in [0.4, 0.5) is 0 Å². The first-order valence-electron chi connectivity index (χ1n) is 6.29. The standard InChI is InChI=1S/C16H12BrNO3S/c1-12-2-8-15(9-3-12)22(19,20)21-16(10-11-18)13-4-6-14(17)7-5-13/h2-10H,1H3/b16-10-. The van der Waals surface area contributed by atoms with Gasteiger partial charge in [-0.05, 0) is 31.2 Å². The second kappa shape index (κ2) is 6.77. The Labute approximate surface area is 137 Å². The quantitative estimate of drug-likeness (QED) is 0.458. The molecule has 0 N–H and O–H groups in total. The molecule has 0 atom stereocenters. The van der Waals surface area contributed by atoms with Gasteiger partial charge in [-0.25, -0.2) is 0 Å². The van der Waals surface area contributed by atoms with Gasteiger partial charge in [0.2, 0.25) is 0 Å². The van der Waals surface area contributed by atoms with Gasteiger partial charge in [-0.1, -0.05) is 45.8 Å². The molecule has 0 fully saturated rings. The Balaban J connectivity index is 2.36. The zero-order valence-corrected chi connectivity index (χ0v) is 14.1. The van der Waals surface area contributed by atoms with E-state index in [1.54, 1.807) is 42.5 Å². The van der Waals surface area contributed by atoms with E-state index in [9.17, 15) is 8.42 Å². The Morgan fingerprint density at radius 1 is 1.14 bits per heavy atom. The molecule has 0 amide bonds. The maximum absolute atomic E-state index is 12.3. The third kappa shape index (κ3) is 3.97. The van der Waals surface area contributed by atoms with Crippen LogP contribution >= 0.6 is 15.9 Å². The van der Waals surface area contributed by atoms with E-state index in [2.05, 4.69) is 15.9 Å². The van der Waals surface area contributed by atoms with Crippen molar-refractivity contribution in [3.05, 3.63) is 70.2 Å². The molecule has 0 aliphatic heterocycles. The summed E-state index contributed by atoms with van der Waals surface area (Å²) in [6, 6.07) is 14.9. The summed E-state index contributed by atoms with van der Waals surface area (Å²) in [6.45, 7) is 1.86. The highest BCUT2D eigenvalue weighted by Crippen LogP contribution is 2.24. The summed E-state index contributed by atoms with van der Waals surface area (Å²) in [5, 5.41) is 8.85. The first-order chi connectivity index (χ1) is 10.4. The van der Waals surface area contributed by atoms with Gasteiger partial charge in [-0.3, -0.25) is 0 Å². The van der Waals surface area contributed by atoms with Crippen LogP contribution in [0.25, 0.3) is 5.76 Å². The van der Waals surface area contributed by atoms with E-state index >= 15 is 0 Å². The number of hydrogen-bond donors (Lipinski definition) is 0. The number of benzene rings is 2. The van der Waals surface area contributed by atoms with Gasteiger partial charge in [0.1, 0.15) is 4.90 Å². The zero-order valence-electron chi connectivity index (χ0n) is 11.7. The predicted octanol–water partition coefficient (Wildman–Crippen LogP) is 4.03. The summed E-state index contributed by atoms with van der Waals surface area (Å²) >= 11 is 3.29. The number of aryl methyl sites for hydroxylation is 1. The van der Waals surface area contributed by atoms with Crippen LogP contribution in [-0.4, -0.2) is 8.42 Å². The van der Waals surface area contributed by atoms with Gasteiger partial charge >= 0.3 is 10.1 Å². The highest BCUT2D eigenvalue weighted by Gasteiger charge is 2.18. The lowest BCUT2D eigenvalue weighted by Crippen LogP contribution is -2.06. The predicted molar refractivity (Wildman–Crippen MR) is 87.2 cm³/mol. The molecule has 0 unspecified atom stereocenters. The highest BCUT2D eigenvalue weighted by molar-refractivity contribution is 9.10. The van der Waals surface area contributed by atoms with Gasteiger partial charge in [-0.15, -0.1) is 0 Å². The minimum absolute atomic E-state index is 0.0180. The van der Waals surface area contributed by atoms with E-state index in [0.29, 0.717) is 5.56 Å². The molecule has 4 nitrogen and oxygen atoms in total.